The molecule has 0 unspecified atom stereocenters. The molecule has 14 heavy (non-hydrogen) atoms. The van der Waals surface area contributed by atoms with Crippen molar-refractivity contribution in [2.45, 2.75) is 18.3 Å². The molecule has 0 spiro atoms. The van der Waals surface area contributed by atoms with Gasteiger partial charge in [-0.3, -0.25) is 0 Å². The van der Waals surface area contributed by atoms with Crippen LogP contribution in [0.3, 0.4) is 0 Å². The van der Waals surface area contributed by atoms with Crippen LogP contribution >= 0.6 is 22.9 Å². The fraction of sp³-hybridized carbons (Fsp3) is 0.600. The standard InChI is InChI=1S/C10H14ClNOS/c11-9-3-2-8(14-9)10(4-1-5-12)6-13-7-10/h2-3H,1,4-7,12H2. The van der Waals surface area contributed by atoms with E-state index < -0.39 is 0 Å². The van der Waals surface area contributed by atoms with Crippen molar-refractivity contribution in [3.05, 3.63) is 21.3 Å². The Labute approximate surface area is 93.0 Å². The molecule has 2 N–H and O–H groups in total. The first kappa shape index (κ1) is 10.4. The molecule has 0 radical (unpaired) electrons. The van der Waals surface area contributed by atoms with E-state index in [1.807, 2.05) is 6.07 Å². The van der Waals surface area contributed by atoms with Crippen LogP contribution in [-0.2, 0) is 10.2 Å². The fourth-order valence-electron chi connectivity index (χ4n) is 1.80. The lowest BCUT2D eigenvalue weighted by Crippen LogP contribution is -2.46. The van der Waals surface area contributed by atoms with Gasteiger partial charge in [0.2, 0.25) is 0 Å². The van der Waals surface area contributed by atoms with Gasteiger partial charge in [-0.25, -0.2) is 0 Å². The molecule has 0 atom stereocenters. The van der Waals surface area contributed by atoms with Gasteiger partial charge in [0.25, 0.3) is 0 Å². The molecule has 1 saturated heterocycles. The van der Waals surface area contributed by atoms with Gasteiger partial charge in [-0.1, -0.05) is 11.6 Å². The van der Waals surface area contributed by atoms with E-state index in [1.165, 1.54) is 4.88 Å². The normalized spacial score (nSPS) is 19.3. The number of thiophene rings is 1. The molecule has 2 nitrogen and oxygen atoms in total. The van der Waals surface area contributed by atoms with Gasteiger partial charge in [0.05, 0.1) is 23.0 Å². The molecule has 1 fully saturated rings. The fourth-order valence-corrected chi connectivity index (χ4v) is 3.03. The molecule has 0 bridgehead atoms. The van der Waals surface area contributed by atoms with Crippen LogP contribution in [0.2, 0.25) is 4.34 Å². The number of halogens is 1. The first-order valence-corrected chi connectivity index (χ1v) is 6.00. The van der Waals surface area contributed by atoms with Gasteiger partial charge in [-0.15, -0.1) is 11.3 Å². The first-order valence-electron chi connectivity index (χ1n) is 4.80. The lowest BCUT2D eigenvalue weighted by Gasteiger charge is -2.41. The number of ether oxygens (including phenoxy) is 1. The Kier molecular flexibility index (Phi) is 3.12. The quantitative estimate of drug-likeness (QED) is 0.864. The van der Waals surface area contributed by atoms with Crippen molar-refractivity contribution in [1.29, 1.82) is 0 Å². The predicted octanol–water partition coefficient (Wildman–Crippen LogP) is 2.41. The van der Waals surface area contributed by atoms with E-state index in [1.54, 1.807) is 11.3 Å². The summed E-state index contributed by atoms with van der Waals surface area (Å²) in [7, 11) is 0. The van der Waals surface area contributed by atoms with Crippen LogP contribution in [0.15, 0.2) is 12.1 Å². The van der Waals surface area contributed by atoms with Crippen LogP contribution in [0, 0.1) is 0 Å². The maximum Gasteiger partial charge on any atom is 0.0931 e. The van der Waals surface area contributed by atoms with Crippen LogP contribution in [0.4, 0.5) is 0 Å². The number of hydrogen-bond acceptors (Lipinski definition) is 3. The van der Waals surface area contributed by atoms with Crippen molar-refractivity contribution in [3.63, 3.8) is 0 Å². The van der Waals surface area contributed by atoms with Crippen LogP contribution in [-0.4, -0.2) is 19.8 Å². The Morgan fingerprint density at radius 2 is 2.29 bits per heavy atom. The van der Waals surface area contributed by atoms with E-state index in [4.69, 9.17) is 22.1 Å². The summed E-state index contributed by atoms with van der Waals surface area (Å²) in [5, 5.41) is 0. The molecule has 0 amide bonds. The van der Waals surface area contributed by atoms with Crippen LogP contribution in [0.25, 0.3) is 0 Å². The zero-order chi connectivity index (χ0) is 10.0. The van der Waals surface area contributed by atoms with Crippen LogP contribution in [0.1, 0.15) is 17.7 Å². The van der Waals surface area contributed by atoms with Gasteiger partial charge in [0.15, 0.2) is 0 Å². The molecule has 0 saturated carbocycles. The summed E-state index contributed by atoms with van der Waals surface area (Å²) in [6.07, 6.45) is 2.17. The molecule has 2 rings (SSSR count). The Morgan fingerprint density at radius 3 is 2.71 bits per heavy atom. The Hall–Kier alpha value is -0.0900. The van der Waals surface area contributed by atoms with Gasteiger partial charge in [0.1, 0.15) is 0 Å². The minimum atomic E-state index is 0.219. The molecule has 1 aliphatic rings. The van der Waals surface area contributed by atoms with E-state index in [9.17, 15) is 0 Å². The summed E-state index contributed by atoms with van der Waals surface area (Å²) < 4.78 is 6.18. The highest BCUT2D eigenvalue weighted by Crippen LogP contribution is 2.41. The molecule has 2 heterocycles. The monoisotopic (exact) mass is 231 g/mol. The highest BCUT2D eigenvalue weighted by molar-refractivity contribution is 7.16. The number of rotatable bonds is 4. The Bertz CT molecular complexity index is 309. The lowest BCUT2D eigenvalue weighted by atomic mass is 9.80. The SMILES string of the molecule is NCCCC1(c2ccc(Cl)s2)COC1. The van der Waals surface area contributed by atoms with Crippen LogP contribution in [0.5, 0.6) is 0 Å². The van der Waals surface area contributed by atoms with Crippen LogP contribution < -0.4 is 5.73 Å². The molecular weight excluding hydrogens is 218 g/mol. The zero-order valence-electron chi connectivity index (χ0n) is 7.96. The van der Waals surface area contributed by atoms with Gasteiger partial charge in [-0.05, 0) is 31.5 Å². The molecule has 0 aromatic carbocycles. The zero-order valence-corrected chi connectivity index (χ0v) is 9.53. The topological polar surface area (TPSA) is 35.2 Å². The summed E-state index contributed by atoms with van der Waals surface area (Å²) in [6, 6.07) is 4.08. The van der Waals surface area contributed by atoms with Crippen molar-refractivity contribution in [2.24, 2.45) is 5.73 Å². The number of hydrogen-bond donors (Lipinski definition) is 1. The second-order valence-corrected chi connectivity index (χ2v) is 5.48. The van der Waals surface area contributed by atoms with Gasteiger partial charge in [0, 0.05) is 4.88 Å². The first-order chi connectivity index (χ1) is 6.77. The van der Waals surface area contributed by atoms with Crippen molar-refractivity contribution < 1.29 is 4.74 Å². The lowest BCUT2D eigenvalue weighted by molar-refractivity contribution is -0.0630. The van der Waals surface area contributed by atoms with Gasteiger partial charge in [-0.2, -0.15) is 0 Å². The molecule has 1 aliphatic heterocycles. The van der Waals surface area contributed by atoms with Crippen molar-refractivity contribution >= 4 is 22.9 Å². The predicted molar refractivity (Wildman–Crippen MR) is 60.1 cm³/mol. The van der Waals surface area contributed by atoms with E-state index in [0.717, 1.165) is 36.9 Å². The van der Waals surface area contributed by atoms with Crippen molar-refractivity contribution in [3.8, 4) is 0 Å². The molecule has 78 valence electrons. The summed E-state index contributed by atoms with van der Waals surface area (Å²) in [5.74, 6) is 0. The molecule has 0 aliphatic carbocycles. The van der Waals surface area contributed by atoms with E-state index in [2.05, 4.69) is 6.07 Å². The van der Waals surface area contributed by atoms with Crippen molar-refractivity contribution in [2.75, 3.05) is 19.8 Å². The van der Waals surface area contributed by atoms with E-state index in [0.29, 0.717) is 0 Å². The highest BCUT2D eigenvalue weighted by Gasteiger charge is 2.40. The molecule has 1 aromatic heterocycles. The maximum absolute atomic E-state index is 5.93. The minimum Gasteiger partial charge on any atom is -0.379 e. The third kappa shape index (κ3) is 1.82. The van der Waals surface area contributed by atoms with Gasteiger partial charge >= 0.3 is 0 Å². The smallest absolute Gasteiger partial charge is 0.0931 e. The van der Waals surface area contributed by atoms with E-state index in [-0.39, 0.29) is 5.41 Å². The second kappa shape index (κ2) is 4.19. The van der Waals surface area contributed by atoms with Gasteiger partial charge < -0.3 is 10.5 Å². The minimum absolute atomic E-state index is 0.219. The molecular formula is C10H14ClNOS. The largest absolute Gasteiger partial charge is 0.379 e. The summed E-state index contributed by atoms with van der Waals surface area (Å²) in [6.45, 7) is 2.40. The molecule has 1 aromatic rings. The maximum atomic E-state index is 5.93. The third-order valence-corrected chi connectivity index (χ3v) is 4.19. The Morgan fingerprint density at radius 1 is 1.50 bits per heavy atom. The summed E-state index contributed by atoms with van der Waals surface area (Å²) in [5.41, 5.74) is 5.75. The second-order valence-electron chi connectivity index (χ2n) is 3.77. The third-order valence-electron chi connectivity index (χ3n) is 2.71. The Balaban J connectivity index is 2.11. The summed E-state index contributed by atoms with van der Waals surface area (Å²) >= 11 is 7.60. The average molecular weight is 232 g/mol. The average Bonchev–Trinajstić information content (AvgIpc) is 2.51. The molecule has 4 heteroatoms. The number of nitrogens with two attached hydrogens (primary N) is 1. The highest BCUT2D eigenvalue weighted by atomic mass is 35.5. The van der Waals surface area contributed by atoms with Crippen molar-refractivity contribution in [1.82, 2.24) is 0 Å². The van der Waals surface area contributed by atoms with E-state index >= 15 is 0 Å². The summed E-state index contributed by atoms with van der Waals surface area (Å²) in [4.78, 5) is 1.35.